The Labute approximate surface area is 203 Å². The summed E-state index contributed by atoms with van der Waals surface area (Å²) >= 11 is 1.75. The molecule has 10 heteroatoms. The van der Waals surface area contributed by atoms with E-state index in [-0.39, 0.29) is 5.92 Å². The van der Waals surface area contributed by atoms with Crippen molar-refractivity contribution in [2.24, 2.45) is 0 Å². The van der Waals surface area contributed by atoms with E-state index in [1.807, 2.05) is 12.3 Å². The van der Waals surface area contributed by atoms with Crippen LogP contribution in [-0.2, 0) is 0 Å². The average molecular weight is 481 g/mol. The van der Waals surface area contributed by atoms with Crippen molar-refractivity contribution >= 4 is 22.0 Å². The van der Waals surface area contributed by atoms with Crippen LogP contribution in [0.15, 0.2) is 18.6 Å². The Morgan fingerprint density at radius 1 is 1.24 bits per heavy atom. The van der Waals surface area contributed by atoms with Gasteiger partial charge in [0, 0.05) is 36.5 Å². The predicted octanol–water partition coefficient (Wildman–Crippen LogP) is 4.21. The Morgan fingerprint density at radius 2 is 2.00 bits per heavy atom. The molecule has 0 aromatic carbocycles. The molecule has 180 valence electrons. The van der Waals surface area contributed by atoms with Gasteiger partial charge in [0.25, 0.3) is 0 Å². The zero-order valence-electron chi connectivity index (χ0n) is 20.7. The molecule has 1 saturated heterocycles. The molecule has 1 N–H and O–H groups in total. The summed E-state index contributed by atoms with van der Waals surface area (Å²) < 4.78 is 7.31. The molecule has 0 atom stereocenters. The predicted molar refractivity (Wildman–Crippen MR) is 136 cm³/mol. The highest BCUT2D eigenvalue weighted by Crippen LogP contribution is 2.41. The second kappa shape index (κ2) is 8.99. The molecule has 0 aliphatic carbocycles. The van der Waals surface area contributed by atoms with E-state index in [0.29, 0.717) is 17.4 Å². The highest BCUT2D eigenvalue weighted by Gasteiger charge is 2.27. The summed E-state index contributed by atoms with van der Waals surface area (Å²) in [5.74, 6) is 0.930. The first-order valence-electron chi connectivity index (χ1n) is 11.7. The van der Waals surface area contributed by atoms with Crippen molar-refractivity contribution in [1.29, 1.82) is 0 Å². The minimum Gasteiger partial charge on any atom is -0.493 e. The lowest BCUT2D eigenvalue weighted by molar-refractivity contribution is 0.250. The Hall–Kier alpha value is -2.98. The van der Waals surface area contributed by atoms with Gasteiger partial charge in [0.2, 0.25) is 0 Å². The van der Waals surface area contributed by atoms with Crippen molar-refractivity contribution in [1.82, 2.24) is 34.7 Å². The summed E-state index contributed by atoms with van der Waals surface area (Å²) in [4.78, 5) is 14.1. The zero-order valence-corrected chi connectivity index (χ0v) is 21.5. The maximum absolute atomic E-state index is 5.57. The lowest BCUT2D eigenvalue weighted by atomic mass is 9.97. The van der Waals surface area contributed by atoms with Crippen LogP contribution in [0, 0.1) is 6.92 Å². The number of nitrogens with zero attached hydrogens (tertiary/aromatic N) is 7. The van der Waals surface area contributed by atoms with E-state index in [9.17, 15) is 0 Å². The fourth-order valence-electron chi connectivity index (χ4n) is 4.85. The number of aromatic nitrogens is 6. The van der Waals surface area contributed by atoms with Crippen LogP contribution in [0.3, 0.4) is 0 Å². The highest BCUT2D eigenvalue weighted by molar-refractivity contribution is 7.19. The van der Waals surface area contributed by atoms with Gasteiger partial charge in [-0.1, -0.05) is 25.2 Å². The summed E-state index contributed by atoms with van der Waals surface area (Å²) in [6, 6.07) is 2.64. The topological polar surface area (TPSA) is 87.5 Å². The maximum Gasteiger partial charge on any atom is 0.197 e. The number of rotatable bonds is 6. The van der Waals surface area contributed by atoms with Crippen molar-refractivity contribution < 1.29 is 4.74 Å². The molecule has 0 saturated carbocycles. The quantitative estimate of drug-likeness (QED) is 0.442. The average Bonchev–Trinajstić information content (AvgIpc) is 3.56. The van der Waals surface area contributed by atoms with Crippen molar-refractivity contribution in [2.75, 3.05) is 39.2 Å². The van der Waals surface area contributed by atoms with Crippen LogP contribution in [0.2, 0.25) is 0 Å². The maximum atomic E-state index is 5.57. The number of piperidine rings is 1. The van der Waals surface area contributed by atoms with Crippen molar-refractivity contribution in [2.45, 2.75) is 45.6 Å². The van der Waals surface area contributed by atoms with Gasteiger partial charge in [-0.15, -0.1) is 0 Å². The summed E-state index contributed by atoms with van der Waals surface area (Å²) in [6.45, 7) is 8.62. The first-order valence-corrected chi connectivity index (χ1v) is 12.5. The number of hydrogen-bond donors (Lipinski definition) is 1. The van der Waals surface area contributed by atoms with Crippen LogP contribution in [0.1, 0.15) is 43.9 Å². The Balaban J connectivity index is 1.51. The highest BCUT2D eigenvalue weighted by atomic mass is 32.1. The van der Waals surface area contributed by atoms with Crippen LogP contribution in [0.25, 0.3) is 27.6 Å². The summed E-state index contributed by atoms with van der Waals surface area (Å²) in [5.41, 5.74) is 5.75. The minimum absolute atomic E-state index is 0.254. The Kier molecular flexibility index (Phi) is 6.03. The van der Waals surface area contributed by atoms with Gasteiger partial charge in [0.1, 0.15) is 22.0 Å². The molecule has 5 rings (SSSR count). The number of methoxy groups -OCH3 is 1. The van der Waals surface area contributed by atoms with E-state index in [0.717, 1.165) is 46.3 Å². The number of ether oxygens (including phenoxy) is 1. The molecule has 34 heavy (non-hydrogen) atoms. The lowest BCUT2D eigenvalue weighted by Crippen LogP contribution is -2.41. The lowest BCUT2D eigenvalue weighted by Gasteiger charge is -2.35. The zero-order chi connectivity index (χ0) is 24.0. The van der Waals surface area contributed by atoms with Gasteiger partial charge in [0.05, 0.1) is 18.5 Å². The molecule has 0 spiro atoms. The second-order valence-corrected chi connectivity index (χ2v) is 10.4. The minimum atomic E-state index is 0.254. The van der Waals surface area contributed by atoms with Gasteiger partial charge >= 0.3 is 0 Å². The van der Waals surface area contributed by atoms with Crippen LogP contribution in [0.4, 0.5) is 5.00 Å². The van der Waals surface area contributed by atoms with Gasteiger partial charge in [-0.05, 0) is 45.8 Å². The number of pyridine rings is 1. The van der Waals surface area contributed by atoms with Gasteiger partial charge in [-0.3, -0.25) is 5.10 Å². The fourth-order valence-corrected chi connectivity index (χ4v) is 5.97. The number of fused-ring (bicyclic) bond motifs is 1. The monoisotopic (exact) mass is 480 g/mol. The number of aryl methyl sites for hydroxylation is 1. The Bertz CT molecular complexity index is 1300. The number of H-pyrrole nitrogens is 1. The first-order chi connectivity index (χ1) is 16.4. The van der Waals surface area contributed by atoms with Crippen LogP contribution >= 0.6 is 11.3 Å². The molecule has 4 aromatic heterocycles. The molecule has 0 bridgehead atoms. The van der Waals surface area contributed by atoms with Crippen LogP contribution < -0.4 is 9.64 Å². The molecule has 1 aliphatic rings. The van der Waals surface area contributed by atoms with Crippen molar-refractivity contribution in [3.05, 3.63) is 29.8 Å². The van der Waals surface area contributed by atoms with Gasteiger partial charge in [0.15, 0.2) is 11.4 Å². The normalized spacial score (nSPS) is 15.2. The third-order valence-corrected chi connectivity index (χ3v) is 7.91. The molecule has 4 aromatic rings. The molecule has 1 fully saturated rings. The Morgan fingerprint density at radius 3 is 2.68 bits per heavy atom. The van der Waals surface area contributed by atoms with Crippen LogP contribution in [-0.4, -0.2) is 75.0 Å². The molecule has 9 nitrogen and oxygen atoms in total. The van der Waals surface area contributed by atoms with E-state index in [2.05, 4.69) is 59.8 Å². The molecule has 0 radical (unpaired) electrons. The summed E-state index contributed by atoms with van der Waals surface area (Å²) in [7, 11) is 6.00. The van der Waals surface area contributed by atoms with E-state index < -0.39 is 0 Å². The summed E-state index contributed by atoms with van der Waals surface area (Å²) in [5, 5.41) is 14.6. The van der Waals surface area contributed by atoms with E-state index in [4.69, 9.17) is 14.8 Å². The molecule has 0 amide bonds. The third kappa shape index (κ3) is 3.94. The van der Waals surface area contributed by atoms with Gasteiger partial charge in [-0.25, -0.2) is 14.5 Å². The van der Waals surface area contributed by atoms with Crippen molar-refractivity contribution in [3.8, 4) is 27.7 Å². The van der Waals surface area contributed by atoms with Gasteiger partial charge in [-0.2, -0.15) is 10.2 Å². The third-order valence-electron chi connectivity index (χ3n) is 6.69. The molecule has 1 aliphatic heterocycles. The fraction of sp³-hybridized carbons (Fsp3) is 0.500. The van der Waals surface area contributed by atoms with E-state index in [1.54, 1.807) is 23.0 Å². The number of aromatic amines is 1. The van der Waals surface area contributed by atoms with Crippen LogP contribution in [0.5, 0.6) is 5.75 Å². The standard InChI is InChI=1S/C24H32N8OS/c1-14(2)19-20(16-11-18(33-6)22-25-13-26-32(22)12-16)28-29-21(19)23-27-15(3)24(34-23)31-9-7-17(8-10-31)30(4)5/h11-14,17H,7-10H2,1-6H3,(H,28,29). The van der Waals surface area contributed by atoms with E-state index in [1.165, 1.54) is 24.2 Å². The molecular weight excluding hydrogens is 448 g/mol. The SMILES string of the molecule is COc1cc(-c2[nH]nc(-c3nc(C)c(N4CCC(N(C)C)CC4)s3)c2C(C)C)cn2ncnc12. The van der Waals surface area contributed by atoms with Crippen molar-refractivity contribution in [3.63, 3.8) is 0 Å². The number of nitrogens with one attached hydrogen (secondary N) is 1. The first kappa shape index (κ1) is 22.8. The smallest absolute Gasteiger partial charge is 0.197 e. The number of anilines is 1. The summed E-state index contributed by atoms with van der Waals surface area (Å²) in [6.07, 6.45) is 5.85. The molecule has 0 unspecified atom stereocenters. The number of hydrogen-bond acceptors (Lipinski definition) is 8. The number of thiazole rings is 1. The van der Waals surface area contributed by atoms with E-state index >= 15 is 0 Å². The largest absolute Gasteiger partial charge is 0.493 e. The molecule has 5 heterocycles. The molecular formula is C24H32N8OS. The second-order valence-electron chi connectivity index (χ2n) is 9.43. The van der Waals surface area contributed by atoms with Gasteiger partial charge < -0.3 is 14.5 Å².